The number of amides is 3. The zero-order valence-corrected chi connectivity index (χ0v) is 19.0. The van der Waals surface area contributed by atoms with Gasteiger partial charge in [-0.3, -0.25) is 4.79 Å². The molecule has 2 heterocycles. The number of aliphatic hydroxyl groups excluding tert-OH is 1. The van der Waals surface area contributed by atoms with E-state index in [1.54, 1.807) is 11.3 Å². The molecule has 8 heteroatoms. The zero-order valence-electron chi connectivity index (χ0n) is 18.2. The topological polar surface area (TPSA) is 85.8 Å². The first-order valence-electron chi connectivity index (χ1n) is 10.1. The predicted octanol–water partition coefficient (Wildman–Crippen LogP) is 3.75. The summed E-state index contributed by atoms with van der Waals surface area (Å²) in [5.74, 6) is -0.161. The average molecular weight is 431 g/mol. The standard InChI is InChI=1S/C22H30N4O3S/c1-14(16-6-8-17(9-7-16)20-15(2)23-13-30-20)24-21(29)26-12-18(27)11-25(26)19(28)10-22(3,4)5/h6-9,13-14,18,27H,10-12H2,1-5H3,(H,24,29)/t14-,18-/m0/s1. The van der Waals surface area contributed by atoms with Crippen molar-refractivity contribution in [3.05, 3.63) is 41.0 Å². The van der Waals surface area contributed by atoms with Gasteiger partial charge >= 0.3 is 6.03 Å². The number of benzene rings is 1. The normalized spacial score (nSPS) is 17.9. The molecule has 1 aromatic heterocycles. The number of thiazole rings is 1. The van der Waals surface area contributed by atoms with Crippen LogP contribution in [0.3, 0.4) is 0 Å². The third kappa shape index (κ3) is 5.17. The first kappa shape index (κ1) is 22.2. The molecule has 1 aliphatic heterocycles. The molecule has 3 amide bonds. The molecule has 0 saturated carbocycles. The molecule has 1 aliphatic rings. The monoisotopic (exact) mass is 430 g/mol. The van der Waals surface area contributed by atoms with Crippen LogP contribution in [-0.2, 0) is 4.79 Å². The van der Waals surface area contributed by atoms with Crippen LogP contribution in [0.4, 0.5) is 4.79 Å². The summed E-state index contributed by atoms with van der Waals surface area (Å²) in [7, 11) is 0. The van der Waals surface area contributed by atoms with E-state index in [-0.39, 0.29) is 36.5 Å². The fourth-order valence-corrected chi connectivity index (χ4v) is 4.28. The van der Waals surface area contributed by atoms with Crippen molar-refractivity contribution in [2.75, 3.05) is 13.1 Å². The summed E-state index contributed by atoms with van der Waals surface area (Å²) in [5, 5.41) is 15.7. The van der Waals surface area contributed by atoms with Crippen LogP contribution in [0.25, 0.3) is 10.4 Å². The summed E-state index contributed by atoms with van der Waals surface area (Å²) >= 11 is 1.60. The summed E-state index contributed by atoms with van der Waals surface area (Å²) in [6.07, 6.45) is -0.436. The molecule has 0 aliphatic carbocycles. The first-order chi connectivity index (χ1) is 14.0. The van der Waals surface area contributed by atoms with E-state index in [1.807, 2.05) is 64.4 Å². The summed E-state index contributed by atoms with van der Waals surface area (Å²) in [6.45, 7) is 10.1. The number of hydrazine groups is 1. The molecule has 0 spiro atoms. The van der Waals surface area contributed by atoms with Crippen LogP contribution < -0.4 is 5.32 Å². The Labute approximate surface area is 181 Å². The average Bonchev–Trinajstić information content (AvgIpc) is 3.26. The third-order valence-corrected chi connectivity index (χ3v) is 6.00. The molecule has 2 N–H and O–H groups in total. The van der Waals surface area contributed by atoms with Crippen LogP contribution in [0.1, 0.15) is 51.4 Å². The van der Waals surface area contributed by atoms with Crippen molar-refractivity contribution < 1.29 is 14.7 Å². The van der Waals surface area contributed by atoms with Crippen molar-refractivity contribution >= 4 is 23.3 Å². The highest BCUT2D eigenvalue weighted by atomic mass is 32.1. The maximum Gasteiger partial charge on any atom is 0.336 e. The van der Waals surface area contributed by atoms with Gasteiger partial charge in [-0.25, -0.2) is 19.8 Å². The summed E-state index contributed by atoms with van der Waals surface area (Å²) < 4.78 is 0. The Bertz CT molecular complexity index is 904. The van der Waals surface area contributed by atoms with Crippen molar-refractivity contribution in [2.24, 2.45) is 5.41 Å². The highest BCUT2D eigenvalue weighted by molar-refractivity contribution is 7.13. The molecule has 0 bridgehead atoms. The molecule has 1 fully saturated rings. The van der Waals surface area contributed by atoms with Crippen molar-refractivity contribution in [1.29, 1.82) is 0 Å². The molecule has 1 aromatic carbocycles. The first-order valence-corrected chi connectivity index (χ1v) is 11.0. The molecular weight excluding hydrogens is 400 g/mol. The Morgan fingerprint density at radius 3 is 2.43 bits per heavy atom. The van der Waals surface area contributed by atoms with Gasteiger partial charge in [-0.1, -0.05) is 45.0 Å². The van der Waals surface area contributed by atoms with Crippen LogP contribution in [0, 0.1) is 12.3 Å². The van der Waals surface area contributed by atoms with Gasteiger partial charge in [0.05, 0.1) is 41.3 Å². The fourth-order valence-electron chi connectivity index (χ4n) is 3.47. The molecule has 0 radical (unpaired) electrons. The number of urea groups is 1. The van der Waals surface area contributed by atoms with Gasteiger partial charge in [-0.15, -0.1) is 11.3 Å². The van der Waals surface area contributed by atoms with Gasteiger partial charge in [0.25, 0.3) is 0 Å². The van der Waals surface area contributed by atoms with Crippen LogP contribution in [-0.4, -0.2) is 51.2 Å². The Balaban J connectivity index is 1.66. The lowest BCUT2D eigenvalue weighted by Gasteiger charge is -2.31. The highest BCUT2D eigenvalue weighted by Crippen LogP contribution is 2.28. The second-order valence-corrected chi connectivity index (χ2v) is 9.86. The van der Waals surface area contributed by atoms with Gasteiger partial charge in [0, 0.05) is 6.42 Å². The van der Waals surface area contributed by atoms with Gasteiger partial charge in [0.1, 0.15) is 0 Å². The Morgan fingerprint density at radius 1 is 1.23 bits per heavy atom. The molecule has 2 aromatic rings. The number of aromatic nitrogens is 1. The van der Waals surface area contributed by atoms with Crippen molar-refractivity contribution in [3.8, 4) is 10.4 Å². The quantitative estimate of drug-likeness (QED) is 0.774. The number of aliphatic hydroxyl groups is 1. The lowest BCUT2D eigenvalue weighted by Crippen LogP contribution is -2.50. The number of nitrogens with zero attached hydrogens (tertiary/aromatic N) is 3. The maximum absolute atomic E-state index is 12.9. The second kappa shape index (κ2) is 8.73. The van der Waals surface area contributed by atoms with E-state index in [2.05, 4.69) is 10.3 Å². The molecule has 0 unspecified atom stereocenters. The van der Waals surface area contributed by atoms with E-state index >= 15 is 0 Å². The van der Waals surface area contributed by atoms with Gasteiger partial charge in [-0.2, -0.15) is 0 Å². The number of hydrogen-bond donors (Lipinski definition) is 2. The highest BCUT2D eigenvalue weighted by Gasteiger charge is 2.37. The molecule has 2 atom stereocenters. The SMILES string of the molecule is Cc1ncsc1-c1ccc([C@H](C)NC(=O)N2C[C@@H](O)CN2C(=O)CC(C)(C)C)cc1. The number of nitrogens with one attached hydrogen (secondary N) is 1. The number of aryl methyl sites for hydroxylation is 1. The predicted molar refractivity (Wildman–Crippen MR) is 118 cm³/mol. The smallest absolute Gasteiger partial charge is 0.336 e. The Kier molecular flexibility index (Phi) is 6.47. The van der Waals surface area contributed by atoms with Crippen molar-refractivity contribution in [3.63, 3.8) is 0 Å². The minimum atomic E-state index is -0.739. The van der Waals surface area contributed by atoms with Crippen LogP contribution in [0.15, 0.2) is 29.8 Å². The van der Waals surface area contributed by atoms with Crippen molar-refractivity contribution in [2.45, 2.75) is 53.2 Å². The number of carbonyl (C=O) groups is 2. The number of β-amino-alcohol motifs (C(OH)–C–C–N with tert-alkyl or cyclic N) is 1. The van der Waals surface area contributed by atoms with E-state index in [4.69, 9.17) is 0 Å². The second-order valence-electron chi connectivity index (χ2n) is 9.01. The Morgan fingerprint density at radius 2 is 1.87 bits per heavy atom. The van der Waals surface area contributed by atoms with E-state index in [0.29, 0.717) is 6.42 Å². The van der Waals surface area contributed by atoms with Gasteiger partial charge in [0.15, 0.2) is 0 Å². The number of carbonyl (C=O) groups excluding carboxylic acids is 2. The fraction of sp³-hybridized carbons (Fsp3) is 0.500. The minimum Gasteiger partial charge on any atom is -0.389 e. The van der Waals surface area contributed by atoms with E-state index in [1.165, 1.54) is 10.0 Å². The largest absolute Gasteiger partial charge is 0.389 e. The lowest BCUT2D eigenvalue weighted by atomic mass is 9.92. The molecular formula is C22H30N4O3S. The molecule has 3 rings (SSSR count). The molecule has 30 heavy (non-hydrogen) atoms. The van der Waals surface area contributed by atoms with Crippen LogP contribution in [0.2, 0.25) is 0 Å². The molecule has 162 valence electrons. The zero-order chi connectivity index (χ0) is 22.1. The van der Waals surface area contributed by atoms with E-state index in [0.717, 1.165) is 21.7 Å². The van der Waals surface area contributed by atoms with E-state index < -0.39 is 6.10 Å². The summed E-state index contributed by atoms with van der Waals surface area (Å²) in [5.41, 5.74) is 4.69. The van der Waals surface area contributed by atoms with Gasteiger partial charge in [0.2, 0.25) is 5.91 Å². The van der Waals surface area contributed by atoms with Crippen molar-refractivity contribution in [1.82, 2.24) is 20.3 Å². The van der Waals surface area contributed by atoms with Crippen LogP contribution in [0.5, 0.6) is 0 Å². The Hall–Kier alpha value is -2.45. The van der Waals surface area contributed by atoms with Gasteiger partial charge in [-0.05, 0) is 30.4 Å². The summed E-state index contributed by atoms with van der Waals surface area (Å²) in [4.78, 5) is 30.9. The lowest BCUT2D eigenvalue weighted by molar-refractivity contribution is -0.142. The van der Waals surface area contributed by atoms with E-state index in [9.17, 15) is 14.7 Å². The third-order valence-electron chi connectivity index (χ3n) is 5.02. The number of hydrogen-bond acceptors (Lipinski definition) is 5. The number of rotatable bonds is 4. The van der Waals surface area contributed by atoms with Gasteiger partial charge < -0.3 is 10.4 Å². The molecule has 7 nitrogen and oxygen atoms in total. The molecule has 1 saturated heterocycles. The minimum absolute atomic E-state index is 0.109. The maximum atomic E-state index is 12.9. The van der Waals surface area contributed by atoms with Crippen LogP contribution >= 0.6 is 11.3 Å². The summed E-state index contributed by atoms with van der Waals surface area (Å²) in [6, 6.07) is 7.39.